The Bertz CT molecular complexity index is 1120. The van der Waals surface area contributed by atoms with E-state index in [4.69, 9.17) is 4.74 Å². The number of amides is 1. The number of anilines is 1. The van der Waals surface area contributed by atoms with E-state index < -0.39 is 0 Å². The van der Waals surface area contributed by atoms with Gasteiger partial charge in [0.15, 0.2) is 5.82 Å². The lowest BCUT2D eigenvalue weighted by Gasteiger charge is -2.10. The number of ether oxygens (including phenoxy) is 1. The summed E-state index contributed by atoms with van der Waals surface area (Å²) in [6.45, 7) is 3.89. The molecule has 4 rings (SSSR count). The molecule has 2 aromatic carbocycles. The van der Waals surface area contributed by atoms with Crippen molar-refractivity contribution in [1.29, 1.82) is 0 Å². The molecular weight excluding hydrogens is 366 g/mol. The minimum atomic E-state index is -0.138. The number of carbonyl (C=O) groups excluding carboxylic acids is 1. The molecule has 0 aliphatic heterocycles. The maximum absolute atomic E-state index is 12.5. The molecule has 29 heavy (non-hydrogen) atoms. The van der Waals surface area contributed by atoms with Gasteiger partial charge < -0.3 is 10.1 Å². The largest absolute Gasteiger partial charge is 0.438 e. The lowest BCUT2D eigenvalue weighted by Crippen LogP contribution is -2.13. The van der Waals surface area contributed by atoms with E-state index in [9.17, 15) is 4.79 Å². The molecule has 4 aromatic rings. The van der Waals surface area contributed by atoms with E-state index in [0.29, 0.717) is 28.7 Å². The first-order valence-electron chi connectivity index (χ1n) is 9.07. The molecule has 144 valence electrons. The number of nitrogens with zero attached hydrogens (tertiary/aromatic N) is 4. The van der Waals surface area contributed by atoms with Gasteiger partial charge >= 0.3 is 0 Å². The zero-order valence-electron chi connectivity index (χ0n) is 16.0. The highest BCUT2D eigenvalue weighted by Gasteiger charge is 2.10. The van der Waals surface area contributed by atoms with Crippen molar-refractivity contribution in [2.45, 2.75) is 13.8 Å². The summed E-state index contributed by atoms with van der Waals surface area (Å²) in [7, 11) is 0. The van der Waals surface area contributed by atoms with Crippen LogP contribution in [-0.2, 0) is 0 Å². The van der Waals surface area contributed by atoms with Crippen molar-refractivity contribution >= 4 is 11.6 Å². The first-order valence-corrected chi connectivity index (χ1v) is 9.07. The van der Waals surface area contributed by atoms with Crippen LogP contribution in [0.4, 0.5) is 5.69 Å². The lowest BCUT2D eigenvalue weighted by molar-refractivity contribution is 0.102. The highest BCUT2D eigenvalue weighted by atomic mass is 16.5. The Kier molecular flexibility index (Phi) is 5.03. The summed E-state index contributed by atoms with van der Waals surface area (Å²) in [5.41, 5.74) is 3.33. The molecule has 0 saturated carbocycles. The van der Waals surface area contributed by atoms with Crippen molar-refractivity contribution in [2.24, 2.45) is 0 Å². The second kappa shape index (κ2) is 7.93. The third-order valence-corrected chi connectivity index (χ3v) is 4.37. The maximum Gasteiger partial charge on any atom is 0.255 e. The second-order valence-electron chi connectivity index (χ2n) is 6.60. The fourth-order valence-electron chi connectivity index (χ4n) is 2.81. The van der Waals surface area contributed by atoms with Gasteiger partial charge in [-0.25, -0.2) is 4.98 Å². The van der Waals surface area contributed by atoms with Crippen molar-refractivity contribution in [3.8, 4) is 17.4 Å². The smallest absolute Gasteiger partial charge is 0.255 e. The first-order chi connectivity index (χ1) is 14.1. The number of aryl methyl sites for hydroxylation is 2. The van der Waals surface area contributed by atoms with Gasteiger partial charge in [-0.05, 0) is 55.8 Å². The molecule has 1 amide bonds. The molecule has 1 N–H and O–H groups in total. The van der Waals surface area contributed by atoms with E-state index in [1.807, 2.05) is 32.0 Å². The van der Waals surface area contributed by atoms with Crippen LogP contribution in [-0.4, -0.2) is 25.7 Å². The van der Waals surface area contributed by atoms with Gasteiger partial charge in [0.2, 0.25) is 5.88 Å². The average molecular weight is 385 g/mol. The van der Waals surface area contributed by atoms with Crippen molar-refractivity contribution in [1.82, 2.24) is 19.7 Å². The number of hydrogen-bond acceptors (Lipinski definition) is 5. The van der Waals surface area contributed by atoms with Crippen LogP contribution >= 0.6 is 0 Å². The highest BCUT2D eigenvalue weighted by molar-refractivity contribution is 6.05. The highest BCUT2D eigenvalue weighted by Crippen LogP contribution is 2.22. The quantitative estimate of drug-likeness (QED) is 0.553. The van der Waals surface area contributed by atoms with Crippen LogP contribution in [0.5, 0.6) is 11.6 Å². The summed E-state index contributed by atoms with van der Waals surface area (Å²) in [6.07, 6.45) is 5.11. The predicted molar refractivity (Wildman–Crippen MR) is 110 cm³/mol. The molecule has 0 spiro atoms. The normalized spacial score (nSPS) is 10.6. The van der Waals surface area contributed by atoms with Crippen molar-refractivity contribution in [3.05, 3.63) is 90.0 Å². The van der Waals surface area contributed by atoms with Gasteiger partial charge in [-0.1, -0.05) is 17.7 Å². The van der Waals surface area contributed by atoms with Gasteiger partial charge in [0, 0.05) is 29.7 Å². The summed E-state index contributed by atoms with van der Waals surface area (Å²) in [4.78, 5) is 16.5. The molecule has 0 atom stereocenters. The van der Waals surface area contributed by atoms with E-state index in [1.165, 1.54) is 0 Å². The molecule has 0 fully saturated rings. The van der Waals surface area contributed by atoms with Gasteiger partial charge in [-0.2, -0.15) is 0 Å². The zero-order chi connectivity index (χ0) is 20.2. The zero-order valence-corrected chi connectivity index (χ0v) is 16.0. The number of aromatic nitrogens is 4. The van der Waals surface area contributed by atoms with Crippen LogP contribution < -0.4 is 10.1 Å². The van der Waals surface area contributed by atoms with Gasteiger partial charge in [-0.15, -0.1) is 10.2 Å². The Morgan fingerprint density at radius 1 is 1.00 bits per heavy atom. The van der Waals surface area contributed by atoms with Crippen LogP contribution in [0, 0.1) is 13.8 Å². The fraction of sp³-hybridized carbons (Fsp3) is 0.0909. The predicted octanol–water partition coefficient (Wildman–Crippen LogP) is 4.32. The third kappa shape index (κ3) is 4.30. The SMILES string of the molecule is Cc1ccc(C)c(C(=O)Nc2ccc(Oc3ccc(-n4ccnc4)nn3)cc2)c1. The van der Waals surface area contributed by atoms with Crippen molar-refractivity contribution in [3.63, 3.8) is 0 Å². The summed E-state index contributed by atoms with van der Waals surface area (Å²) >= 11 is 0. The lowest BCUT2D eigenvalue weighted by atomic mass is 10.1. The Morgan fingerprint density at radius 2 is 1.83 bits per heavy atom. The molecule has 0 aliphatic carbocycles. The van der Waals surface area contributed by atoms with Crippen LogP contribution in [0.15, 0.2) is 73.3 Å². The Morgan fingerprint density at radius 3 is 2.52 bits per heavy atom. The van der Waals surface area contributed by atoms with E-state index in [-0.39, 0.29) is 5.91 Å². The molecule has 7 heteroatoms. The molecule has 0 radical (unpaired) electrons. The average Bonchev–Trinajstić information content (AvgIpc) is 3.27. The second-order valence-corrected chi connectivity index (χ2v) is 6.60. The number of imidazole rings is 1. The summed E-state index contributed by atoms with van der Waals surface area (Å²) < 4.78 is 7.47. The number of nitrogens with one attached hydrogen (secondary N) is 1. The standard InChI is InChI=1S/C22H19N5O2/c1-15-3-4-16(2)19(13-15)22(28)24-17-5-7-18(8-6-17)29-21-10-9-20(25-26-21)27-12-11-23-14-27/h3-14H,1-2H3,(H,24,28). The van der Waals surface area contributed by atoms with E-state index in [1.54, 1.807) is 59.7 Å². The Hall–Kier alpha value is -4.00. The van der Waals surface area contributed by atoms with Gasteiger partial charge in [0.1, 0.15) is 12.1 Å². The van der Waals surface area contributed by atoms with Crippen molar-refractivity contribution < 1.29 is 9.53 Å². The van der Waals surface area contributed by atoms with Crippen molar-refractivity contribution in [2.75, 3.05) is 5.32 Å². The summed E-state index contributed by atoms with van der Waals surface area (Å²) in [5, 5.41) is 11.1. The van der Waals surface area contributed by atoms with E-state index in [0.717, 1.165) is 11.1 Å². The first kappa shape index (κ1) is 18.4. The molecule has 2 aromatic heterocycles. The molecule has 2 heterocycles. The minimum Gasteiger partial charge on any atom is -0.438 e. The van der Waals surface area contributed by atoms with E-state index >= 15 is 0 Å². The number of benzene rings is 2. The summed E-state index contributed by atoms with van der Waals surface area (Å²) in [5.74, 6) is 1.49. The number of carbonyl (C=O) groups is 1. The topological polar surface area (TPSA) is 81.9 Å². The maximum atomic E-state index is 12.5. The van der Waals surface area contributed by atoms with Crippen LogP contribution in [0.2, 0.25) is 0 Å². The fourth-order valence-corrected chi connectivity index (χ4v) is 2.81. The van der Waals surface area contributed by atoms with Crippen LogP contribution in [0.3, 0.4) is 0 Å². The molecule has 0 aliphatic rings. The monoisotopic (exact) mass is 385 g/mol. The molecule has 0 unspecified atom stereocenters. The van der Waals surface area contributed by atoms with Crippen LogP contribution in [0.25, 0.3) is 5.82 Å². The van der Waals surface area contributed by atoms with Gasteiger partial charge in [0.25, 0.3) is 5.91 Å². The van der Waals surface area contributed by atoms with Gasteiger partial charge in [0.05, 0.1) is 0 Å². The number of hydrogen-bond donors (Lipinski definition) is 1. The number of rotatable bonds is 5. The Balaban J connectivity index is 1.41. The molecule has 0 bridgehead atoms. The third-order valence-electron chi connectivity index (χ3n) is 4.37. The van der Waals surface area contributed by atoms with E-state index in [2.05, 4.69) is 20.5 Å². The summed E-state index contributed by atoms with van der Waals surface area (Å²) in [6, 6.07) is 16.4. The minimum absolute atomic E-state index is 0.138. The molecule has 7 nitrogen and oxygen atoms in total. The molecular formula is C22H19N5O2. The molecule has 0 saturated heterocycles. The van der Waals surface area contributed by atoms with Gasteiger partial charge in [-0.3, -0.25) is 9.36 Å². The Labute approximate surface area is 168 Å². The van der Waals surface area contributed by atoms with Crippen LogP contribution in [0.1, 0.15) is 21.5 Å².